The molecule has 1 nitrogen and oxygen atoms in total. The molecule has 0 fully saturated rings. The van der Waals surface area contributed by atoms with Crippen LogP contribution in [0.1, 0.15) is 312 Å². The van der Waals surface area contributed by atoms with E-state index in [1.54, 1.807) is 0 Å². The number of rotatable bonds is 41. The minimum atomic E-state index is 0. The Bertz CT molecular complexity index is 497. The first-order valence-electron chi connectivity index (χ1n) is 26.3. The molecule has 0 aromatic carbocycles. The standard InChI is InChI=1S/C14H30S.3C12H26S.C3H8.3Cs.H2O/c1-4-5-6-7-8-9-10-11-12-13-15-14(2)3;3*1-2-3-4-5-6-7-8-9-10-11-12-13;1-3-2;;;;/h14H,4-13H2,1-3H3;3*13H,2-12H2,1H3;3H2,1-2H3;;;;1H2/q;;;;;3*+1;/p-3. The Labute approximate surface area is 589 Å². The molecule has 0 aromatic rings. The molecule has 0 atom stereocenters. The predicted molar refractivity (Wildman–Crippen MR) is 287 cm³/mol. The first-order valence-corrected chi connectivity index (χ1v) is 29.2. The second-order valence-corrected chi connectivity index (χ2v) is 20.1. The van der Waals surface area contributed by atoms with Gasteiger partial charge in [0.1, 0.15) is 0 Å². The van der Waals surface area contributed by atoms with Crippen LogP contribution in [-0.4, -0.2) is 33.7 Å². The molecule has 0 rings (SSSR count). The topological polar surface area (TPSA) is 30.0 Å². The first-order chi connectivity index (χ1) is 27.9. The maximum absolute atomic E-state index is 4.90. The molecule has 0 aliphatic heterocycles. The SMILES string of the molecule is CCC.CCCCCCCCCCCCS.CCCCCCCCCCCC[S-].CCCCCCCCCCCC[S-].CCCCCCCCCCCSC(C)C.[Cs+].[Cs+].[Cs+].[OH-]. The molecule has 1 N–H and O–H groups in total. The van der Waals surface area contributed by atoms with E-state index in [2.05, 4.69) is 79.8 Å². The fraction of sp³-hybridized carbons (Fsp3) is 1.00. The summed E-state index contributed by atoms with van der Waals surface area (Å²) in [4.78, 5) is 0. The average Bonchev–Trinajstić information content (AvgIpc) is 3.21. The van der Waals surface area contributed by atoms with Crippen LogP contribution < -0.4 is 207 Å². The number of hydrogen-bond acceptors (Lipinski definition) is 5. The molecule has 0 saturated carbocycles. The quantitative estimate of drug-likeness (QED) is 0.0375. The number of hydrogen-bond donors (Lipinski definition) is 1. The van der Waals surface area contributed by atoms with Gasteiger partial charge in [-0.15, -0.1) is 0 Å². The summed E-state index contributed by atoms with van der Waals surface area (Å²) in [7, 11) is 0. The summed E-state index contributed by atoms with van der Waals surface area (Å²) in [6.07, 6.45) is 56.5. The summed E-state index contributed by atoms with van der Waals surface area (Å²) < 4.78 is 0. The molecule has 0 radical (unpaired) electrons. The van der Waals surface area contributed by atoms with Gasteiger partial charge in [0.05, 0.1) is 0 Å². The summed E-state index contributed by atoms with van der Waals surface area (Å²) in [6.45, 7) is 17.9. The maximum atomic E-state index is 4.90. The molecular formula is C53H115Cs3OS4. The summed E-state index contributed by atoms with van der Waals surface area (Å²) >= 11 is 16.1. The molecular weight excluding hydrogens is 1180 g/mol. The summed E-state index contributed by atoms with van der Waals surface area (Å²) in [5.74, 6) is 4.34. The van der Waals surface area contributed by atoms with E-state index in [9.17, 15) is 0 Å². The molecule has 0 bridgehead atoms. The Morgan fingerprint density at radius 3 is 0.689 bits per heavy atom. The van der Waals surface area contributed by atoms with E-state index >= 15 is 0 Å². The number of thiol groups is 1. The minimum Gasteiger partial charge on any atom is -0.870 e. The Hall–Kier alpha value is 7.52. The summed E-state index contributed by atoms with van der Waals surface area (Å²) in [5.41, 5.74) is 0. The van der Waals surface area contributed by atoms with E-state index in [0.717, 1.165) is 22.5 Å². The van der Waals surface area contributed by atoms with E-state index < -0.39 is 0 Å². The molecule has 0 aromatic heterocycles. The fourth-order valence-corrected chi connectivity index (χ4v) is 7.98. The molecule has 0 spiro atoms. The van der Waals surface area contributed by atoms with Crippen LogP contribution in [0.5, 0.6) is 0 Å². The monoisotopic (exact) mass is 1290 g/mol. The summed E-state index contributed by atoms with van der Waals surface area (Å²) in [6, 6.07) is 0. The zero-order chi connectivity index (χ0) is 43.4. The van der Waals surface area contributed by atoms with Gasteiger partial charge in [-0.1, -0.05) is 299 Å². The van der Waals surface area contributed by atoms with Crippen molar-refractivity contribution in [2.45, 2.75) is 317 Å². The zero-order valence-corrected chi connectivity index (χ0v) is 67.0. The smallest absolute Gasteiger partial charge is 0.870 e. The normalized spacial score (nSPS) is 9.84. The van der Waals surface area contributed by atoms with Crippen molar-refractivity contribution in [1.29, 1.82) is 0 Å². The second kappa shape index (κ2) is 96.9. The van der Waals surface area contributed by atoms with Gasteiger partial charge in [0.2, 0.25) is 0 Å². The van der Waals surface area contributed by atoms with Crippen molar-refractivity contribution in [3.63, 3.8) is 0 Å². The van der Waals surface area contributed by atoms with Crippen LogP contribution in [-0.2, 0) is 25.3 Å². The molecule has 0 aliphatic carbocycles. The molecule has 0 amide bonds. The average molecular weight is 1300 g/mol. The molecule has 0 saturated heterocycles. The van der Waals surface area contributed by atoms with Gasteiger partial charge in [-0.3, -0.25) is 0 Å². The van der Waals surface area contributed by atoms with Gasteiger partial charge in [-0.05, 0) is 29.6 Å². The van der Waals surface area contributed by atoms with Gasteiger partial charge in [-0.2, -0.15) is 35.9 Å². The third-order valence-electron chi connectivity index (χ3n) is 10.2. The van der Waals surface area contributed by atoms with E-state index in [1.165, 1.54) is 263 Å². The third-order valence-corrected chi connectivity index (χ3v) is 12.3. The fourth-order valence-electron chi connectivity index (χ4n) is 6.51. The molecule has 61 heavy (non-hydrogen) atoms. The Morgan fingerprint density at radius 1 is 0.328 bits per heavy atom. The van der Waals surface area contributed by atoms with Crippen molar-refractivity contribution in [3.8, 4) is 0 Å². The van der Waals surface area contributed by atoms with Gasteiger partial charge in [-0.25, -0.2) is 0 Å². The molecule has 0 aliphatic rings. The van der Waals surface area contributed by atoms with Gasteiger partial charge in [0.25, 0.3) is 0 Å². The number of unbranched alkanes of at least 4 members (excludes halogenated alkanes) is 35. The van der Waals surface area contributed by atoms with E-state index in [1.807, 2.05) is 0 Å². The van der Waals surface area contributed by atoms with Crippen molar-refractivity contribution >= 4 is 49.6 Å². The molecule has 0 unspecified atom stereocenters. The second-order valence-electron chi connectivity index (χ2n) is 17.1. The molecule has 8 heteroatoms. The maximum Gasteiger partial charge on any atom is 1.00 e. The van der Waals surface area contributed by atoms with Crippen molar-refractivity contribution in [1.82, 2.24) is 0 Å². The van der Waals surface area contributed by atoms with Crippen LogP contribution in [0.25, 0.3) is 0 Å². The summed E-state index contributed by atoms with van der Waals surface area (Å²) in [5, 5.41) is 0.819. The predicted octanol–water partition coefficient (Wildman–Crippen LogP) is 11.7. The minimum absolute atomic E-state index is 0. The molecule has 360 valence electrons. The van der Waals surface area contributed by atoms with Crippen molar-refractivity contribution < 1.29 is 212 Å². The third kappa shape index (κ3) is 118. The largest absolute Gasteiger partial charge is 1.00 e. The Kier molecular flexibility index (Phi) is 140. The van der Waals surface area contributed by atoms with Crippen LogP contribution in [0.3, 0.4) is 0 Å². The van der Waals surface area contributed by atoms with Crippen LogP contribution in [0, 0.1) is 0 Å². The van der Waals surface area contributed by atoms with Crippen molar-refractivity contribution in [2.24, 2.45) is 0 Å². The van der Waals surface area contributed by atoms with Crippen molar-refractivity contribution in [3.05, 3.63) is 0 Å². The Morgan fingerprint density at radius 2 is 0.508 bits per heavy atom. The van der Waals surface area contributed by atoms with Crippen LogP contribution >= 0.6 is 24.4 Å². The van der Waals surface area contributed by atoms with Gasteiger partial charge < -0.3 is 30.7 Å². The van der Waals surface area contributed by atoms with Gasteiger partial charge in [0.15, 0.2) is 0 Å². The van der Waals surface area contributed by atoms with E-state index in [0.29, 0.717) is 0 Å². The van der Waals surface area contributed by atoms with Crippen LogP contribution in [0.15, 0.2) is 0 Å². The van der Waals surface area contributed by atoms with Crippen molar-refractivity contribution in [2.75, 3.05) is 23.0 Å². The zero-order valence-electron chi connectivity index (χ0n) is 44.8. The van der Waals surface area contributed by atoms with Gasteiger partial charge in [0, 0.05) is 0 Å². The van der Waals surface area contributed by atoms with E-state index in [-0.39, 0.29) is 212 Å². The number of thioether (sulfide) groups is 1. The van der Waals surface area contributed by atoms with Crippen LogP contribution in [0.2, 0.25) is 0 Å². The molecule has 0 heterocycles. The van der Waals surface area contributed by atoms with E-state index in [4.69, 9.17) is 25.3 Å². The van der Waals surface area contributed by atoms with Crippen LogP contribution in [0.4, 0.5) is 0 Å². The first kappa shape index (κ1) is 88.2. The Balaban J connectivity index is -0.0000000809. The van der Waals surface area contributed by atoms with Gasteiger partial charge >= 0.3 is 207 Å².